The van der Waals surface area contributed by atoms with Crippen molar-refractivity contribution in [3.8, 4) is 11.5 Å². The van der Waals surface area contributed by atoms with Crippen molar-refractivity contribution in [2.24, 2.45) is 23.2 Å². The van der Waals surface area contributed by atoms with Gasteiger partial charge in [-0.25, -0.2) is 36.3 Å². The van der Waals surface area contributed by atoms with Gasteiger partial charge in [-0.2, -0.15) is 0 Å². The molecule has 20 heavy (non-hydrogen) atoms. The largest absolute Gasteiger partial charge is 0.493 e. The van der Waals surface area contributed by atoms with Crippen LogP contribution >= 0.6 is 0 Å². The standard InChI is InChI=1S/C9H15N7O4/c1-19-4-3-5(20-2)7(16(13)9(11)18)14-6(4)15(12)8(10)17/h3H,12-13H2,1-2H3,(H2,10,17)(H2,11,18). The van der Waals surface area contributed by atoms with Crippen molar-refractivity contribution < 1.29 is 19.1 Å². The van der Waals surface area contributed by atoms with E-state index in [4.69, 9.17) is 32.6 Å². The van der Waals surface area contributed by atoms with Crippen molar-refractivity contribution in [2.75, 3.05) is 24.2 Å². The van der Waals surface area contributed by atoms with Gasteiger partial charge < -0.3 is 20.9 Å². The van der Waals surface area contributed by atoms with E-state index in [-0.39, 0.29) is 23.1 Å². The van der Waals surface area contributed by atoms with Crippen molar-refractivity contribution in [2.45, 2.75) is 0 Å². The molecule has 0 unspecified atom stereocenters. The van der Waals surface area contributed by atoms with Crippen molar-refractivity contribution >= 4 is 23.7 Å². The number of carbonyl (C=O) groups excluding carboxylic acids is 2. The Kier molecular flexibility index (Phi) is 4.50. The summed E-state index contributed by atoms with van der Waals surface area (Å²) in [6, 6.07) is -0.660. The first kappa shape index (κ1) is 15.3. The number of nitrogens with zero attached hydrogens (tertiary/aromatic N) is 3. The van der Waals surface area contributed by atoms with E-state index in [1.54, 1.807) is 0 Å². The van der Waals surface area contributed by atoms with Crippen LogP contribution < -0.4 is 42.6 Å². The second-order valence-electron chi connectivity index (χ2n) is 3.46. The Morgan fingerprint density at radius 3 is 1.60 bits per heavy atom. The molecule has 0 aromatic carbocycles. The lowest BCUT2D eigenvalue weighted by atomic mass is 10.3. The fraction of sp³-hybridized carbons (Fsp3) is 0.222. The third-order valence-electron chi connectivity index (χ3n) is 2.29. The number of rotatable bonds is 4. The molecule has 0 aliphatic heterocycles. The molecule has 0 fully saturated rings. The summed E-state index contributed by atoms with van der Waals surface area (Å²) in [4.78, 5) is 26.1. The van der Waals surface area contributed by atoms with E-state index in [0.29, 0.717) is 10.0 Å². The molecule has 8 N–H and O–H groups in total. The van der Waals surface area contributed by atoms with E-state index >= 15 is 0 Å². The number of carbonyl (C=O) groups is 2. The predicted molar refractivity (Wildman–Crippen MR) is 69.8 cm³/mol. The average Bonchev–Trinajstić information content (AvgIpc) is 2.43. The second kappa shape index (κ2) is 5.90. The molecule has 11 nitrogen and oxygen atoms in total. The minimum Gasteiger partial charge on any atom is -0.493 e. The van der Waals surface area contributed by atoms with Crippen molar-refractivity contribution in [1.82, 2.24) is 4.98 Å². The van der Waals surface area contributed by atoms with Crippen LogP contribution in [0.4, 0.5) is 21.2 Å². The summed E-state index contributed by atoms with van der Waals surface area (Å²) in [7, 11) is 2.64. The number of nitrogens with two attached hydrogens (primary N) is 4. The van der Waals surface area contributed by atoms with Crippen LogP contribution in [0.1, 0.15) is 0 Å². The number of methoxy groups -OCH3 is 2. The molecule has 0 saturated carbocycles. The number of primary amides is 2. The van der Waals surface area contributed by atoms with Gasteiger partial charge in [0.2, 0.25) is 0 Å². The molecule has 11 heteroatoms. The zero-order valence-electron chi connectivity index (χ0n) is 10.9. The Hall–Kier alpha value is -2.79. The lowest BCUT2D eigenvalue weighted by Crippen LogP contribution is -2.44. The molecule has 0 spiro atoms. The highest BCUT2D eigenvalue weighted by atomic mass is 16.5. The van der Waals surface area contributed by atoms with Crippen LogP contribution in [0, 0.1) is 0 Å². The topological polar surface area (TPSA) is 176 Å². The van der Waals surface area contributed by atoms with E-state index in [0.717, 1.165) is 0 Å². The molecule has 1 rings (SSSR count). The van der Waals surface area contributed by atoms with Gasteiger partial charge in [-0.15, -0.1) is 0 Å². The highest BCUT2D eigenvalue weighted by Gasteiger charge is 2.23. The third kappa shape index (κ3) is 2.78. The number of amides is 4. The van der Waals surface area contributed by atoms with E-state index in [1.807, 2.05) is 0 Å². The van der Waals surface area contributed by atoms with Gasteiger partial charge in [-0.05, 0) is 0 Å². The fourth-order valence-electron chi connectivity index (χ4n) is 1.31. The maximum Gasteiger partial charge on any atom is 0.335 e. The second-order valence-corrected chi connectivity index (χ2v) is 3.46. The fourth-order valence-corrected chi connectivity index (χ4v) is 1.31. The van der Waals surface area contributed by atoms with Gasteiger partial charge in [0.15, 0.2) is 23.1 Å². The Balaban J connectivity index is 3.48. The molecule has 0 atom stereocenters. The molecule has 1 aromatic heterocycles. The highest BCUT2D eigenvalue weighted by Crippen LogP contribution is 2.35. The molecule has 0 radical (unpaired) electrons. The van der Waals surface area contributed by atoms with E-state index < -0.39 is 12.1 Å². The smallest absolute Gasteiger partial charge is 0.335 e. The Bertz CT molecular complexity index is 492. The zero-order chi connectivity index (χ0) is 15.4. The Morgan fingerprint density at radius 1 is 1.00 bits per heavy atom. The van der Waals surface area contributed by atoms with Crippen LogP contribution in [0.25, 0.3) is 0 Å². The maximum absolute atomic E-state index is 11.1. The number of hydrazine groups is 2. The first-order valence-electron chi connectivity index (χ1n) is 5.15. The molecule has 0 aliphatic carbocycles. The molecule has 4 amide bonds. The molecular weight excluding hydrogens is 270 g/mol. The summed E-state index contributed by atoms with van der Waals surface area (Å²) < 4.78 is 10.0. The van der Waals surface area contributed by atoms with Gasteiger partial charge in [0.25, 0.3) is 0 Å². The number of aromatic nitrogens is 1. The number of ether oxygens (including phenoxy) is 2. The Labute approximate surface area is 113 Å². The van der Waals surface area contributed by atoms with Gasteiger partial charge in [0.1, 0.15) is 0 Å². The number of anilines is 2. The van der Waals surface area contributed by atoms with Crippen molar-refractivity contribution in [3.05, 3.63) is 6.07 Å². The minimum atomic E-state index is -0.991. The summed E-state index contributed by atoms with van der Waals surface area (Å²) in [6.45, 7) is 0. The SMILES string of the molecule is COc1cc(OC)c(N(N)C(N)=O)nc1N(N)C(N)=O. The lowest BCUT2D eigenvalue weighted by Gasteiger charge is -2.21. The number of urea groups is 2. The average molecular weight is 285 g/mol. The summed E-state index contributed by atoms with van der Waals surface area (Å²) in [5.74, 6) is 10.8. The molecule has 1 heterocycles. The monoisotopic (exact) mass is 285 g/mol. The molecule has 0 aliphatic rings. The maximum atomic E-state index is 11.1. The zero-order valence-corrected chi connectivity index (χ0v) is 10.9. The van der Waals surface area contributed by atoms with Gasteiger partial charge in [0.05, 0.1) is 14.2 Å². The first-order chi connectivity index (χ1) is 9.33. The van der Waals surface area contributed by atoms with Crippen LogP contribution in [0.5, 0.6) is 11.5 Å². The molecule has 0 saturated heterocycles. The molecule has 1 aromatic rings. The lowest BCUT2D eigenvalue weighted by molar-refractivity contribution is 0.253. The normalized spacial score (nSPS) is 9.80. The van der Waals surface area contributed by atoms with Crippen LogP contribution in [-0.4, -0.2) is 31.3 Å². The van der Waals surface area contributed by atoms with Gasteiger partial charge in [0, 0.05) is 6.07 Å². The summed E-state index contributed by atoms with van der Waals surface area (Å²) >= 11 is 0. The first-order valence-corrected chi connectivity index (χ1v) is 5.15. The van der Waals surface area contributed by atoms with E-state index in [2.05, 4.69) is 4.98 Å². The minimum absolute atomic E-state index is 0.0878. The van der Waals surface area contributed by atoms with Gasteiger partial charge in [-0.1, -0.05) is 0 Å². The van der Waals surface area contributed by atoms with Crippen molar-refractivity contribution in [1.29, 1.82) is 0 Å². The Morgan fingerprint density at radius 2 is 1.35 bits per heavy atom. The van der Waals surface area contributed by atoms with Crippen LogP contribution in [0.3, 0.4) is 0 Å². The van der Waals surface area contributed by atoms with Crippen LogP contribution in [0.2, 0.25) is 0 Å². The molecule has 110 valence electrons. The molecule has 0 bridgehead atoms. The van der Waals surface area contributed by atoms with E-state index in [9.17, 15) is 9.59 Å². The number of hydrogen-bond donors (Lipinski definition) is 4. The third-order valence-corrected chi connectivity index (χ3v) is 2.29. The predicted octanol–water partition coefficient (Wildman–Crippen LogP) is -1.38. The highest BCUT2D eigenvalue weighted by molar-refractivity contribution is 5.93. The quantitative estimate of drug-likeness (QED) is 0.299. The molecular formula is C9H15N7O4. The van der Waals surface area contributed by atoms with Gasteiger partial charge in [-0.3, -0.25) is 0 Å². The number of hydrogen-bond acceptors (Lipinski definition) is 7. The van der Waals surface area contributed by atoms with Gasteiger partial charge >= 0.3 is 12.1 Å². The van der Waals surface area contributed by atoms with Crippen molar-refractivity contribution in [3.63, 3.8) is 0 Å². The summed E-state index contributed by atoms with van der Waals surface area (Å²) in [5.41, 5.74) is 10.1. The summed E-state index contributed by atoms with van der Waals surface area (Å²) in [5, 5.41) is 1.05. The number of pyridine rings is 1. The van der Waals surface area contributed by atoms with Crippen LogP contribution in [-0.2, 0) is 0 Å². The summed E-state index contributed by atoms with van der Waals surface area (Å²) in [6.07, 6.45) is 0. The van der Waals surface area contributed by atoms with E-state index in [1.165, 1.54) is 20.3 Å². The van der Waals surface area contributed by atoms with Crippen LogP contribution in [0.15, 0.2) is 6.07 Å².